The third kappa shape index (κ3) is 3.67. The van der Waals surface area contributed by atoms with E-state index in [4.69, 9.17) is 0 Å². The molecule has 162 valence electrons. The summed E-state index contributed by atoms with van der Waals surface area (Å²) in [4.78, 5) is 26.2. The van der Waals surface area contributed by atoms with Crippen molar-refractivity contribution in [1.29, 1.82) is 0 Å². The second-order valence-corrected chi connectivity index (χ2v) is 10.7. The molecule has 30 heavy (non-hydrogen) atoms. The van der Waals surface area contributed by atoms with Crippen LogP contribution in [0.3, 0.4) is 0 Å². The lowest BCUT2D eigenvalue weighted by atomic mass is 9.83. The average Bonchev–Trinajstić information content (AvgIpc) is 3.55. The number of nitrogens with one attached hydrogen (secondary N) is 2. The smallest absolute Gasteiger partial charge is 0.252 e. The average molecular weight is 409 g/mol. The normalized spacial score (nSPS) is 35.9. The third-order valence-electron chi connectivity index (χ3n) is 9.00. The van der Waals surface area contributed by atoms with E-state index in [0.29, 0.717) is 23.0 Å². The fraction of sp³-hybridized carbons (Fsp3) is 0.692. The summed E-state index contributed by atoms with van der Waals surface area (Å²) >= 11 is 0. The minimum absolute atomic E-state index is 0.108. The molecule has 4 nitrogen and oxygen atoms in total. The van der Waals surface area contributed by atoms with E-state index in [0.717, 1.165) is 23.7 Å². The molecule has 8 unspecified atom stereocenters. The van der Waals surface area contributed by atoms with Gasteiger partial charge in [-0.05, 0) is 100 Å². The predicted octanol–water partition coefficient (Wildman–Crippen LogP) is 4.80. The molecule has 4 aliphatic rings. The number of benzene rings is 1. The SMILES string of the molecule is CC(NC(=O)c1ccccc1C(=O)NC(C)C1CC2CCC1C2)C1CC2CCC1C2. The molecule has 1 aromatic rings. The Hall–Kier alpha value is -1.84. The predicted molar refractivity (Wildman–Crippen MR) is 118 cm³/mol. The molecule has 4 bridgehead atoms. The van der Waals surface area contributed by atoms with Crippen LogP contribution in [0.2, 0.25) is 0 Å². The molecule has 0 radical (unpaired) electrons. The molecule has 5 rings (SSSR count). The highest BCUT2D eigenvalue weighted by molar-refractivity contribution is 6.07. The summed E-state index contributed by atoms with van der Waals surface area (Å²) in [5.41, 5.74) is 1.01. The van der Waals surface area contributed by atoms with Gasteiger partial charge in [-0.15, -0.1) is 0 Å². The Balaban J connectivity index is 1.24. The maximum Gasteiger partial charge on any atom is 0.252 e. The van der Waals surface area contributed by atoms with Gasteiger partial charge < -0.3 is 10.6 Å². The lowest BCUT2D eigenvalue weighted by Gasteiger charge is -2.29. The number of carbonyl (C=O) groups is 2. The van der Waals surface area contributed by atoms with E-state index in [2.05, 4.69) is 24.5 Å². The minimum Gasteiger partial charge on any atom is -0.349 e. The molecule has 0 saturated heterocycles. The summed E-state index contributed by atoms with van der Waals surface area (Å²) < 4.78 is 0. The molecule has 4 fully saturated rings. The van der Waals surface area contributed by atoms with E-state index in [9.17, 15) is 9.59 Å². The first kappa shape index (κ1) is 20.1. The van der Waals surface area contributed by atoms with Crippen molar-refractivity contribution < 1.29 is 9.59 Å². The van der Waals surface area contributed by atoms with E-state index in [1.807, 2.05) is 12.1 Å². The summed E-state index contributed by atoms with van der Waals surface area (Å²) in [7, 11) is 0. The number of hydrogen-bond donors (Lipinski definition) is 2. The van der Waals surface area contributed by atoms with Gasteiger partial charge >= 0.3 is 0 Å². The van der Waals surface area contributed by atoms with Crippen LogP contribution in [0, 0.1) is 35.5 Å². The Morgan fingerprint density at radius 3 is 1.50 bits per heavy atom. The lowest BCUT2D eigenvalue weighted by Crippen LogP contribution is -2.42. The molecule has 0 heterocycles. The van der Waals surface area contributed by atoms with Gasteiger partial charge in [0.15, 0.2) is 0 Å². The fourth-order valence-electron chi connectivity index (χ4n) is 7.47. The number of carbonyl (C=O) groups excluding carboxylic acids is 2. The van der Waals surface area contributed by atoms with E-state index in [1.165, 1.54) is 51.4 Å². The molecular weight excluding hydrogens is 372 g/mol. The number of rotatable bonds is 6. The monoisotopic (exact) mass is 408 g/mol. The second-order valence-electron chi connectivity index (χ2n) is 10.7. The Morgan fingerprint density at radius 2 is 1.17 bits per heavy atom. The Labute approximate surface area is 180 Å². The van der Waals surface area contributed by atoms with Crippen molar-refractivity contribution >= 4 is 11.8 Å². The summed E-state index contributed by atoms with van der Waals surface area (Å²) in [6.07, 6.45) is 10.5. The quantitative estimate of drug-likeness (QED) is 0.711. The minimum atomic E-state index is -0.108. The second kappa shape index (κ2) is 8.01. The summed E-state index contributed by atoms with van der Waals surface area (Å²) in [6.45, 7) is 4.28. The highest BCUT2D eigenvalue weighted by Crippen LogP contribution is 2.50. The van der Waals surface area contributed by atoms with E-state index >= 15 is 0 Å². The van der Waals surface area contributed by atoms with Crippen molar-refractivity contribution in [2.75, 3.05) is 0 Å². The van der Waals surface area contributed by atoms with Crippen LogP contribution in [0.1, 0.15) is 85.9 Å². The summed E-state index contributed by atoms with van der Waals surface area (Å²) in [6, 6.07) is 7.62. The molecule has 4 aliphatic carbocycles. The van der Waals surface area contributed by atoms with Crippen LogP contribution in [-0.2, 0) is 0 Å². The lowest BCUT2D eigenvalue weighted by molar-refractivity contribution is 0.0880. The van der Waals surface area contributed by atoms with Gasteiger partial charge in [-0.2, -0.15) is 0 Å². The number of amides is 2. The van der Waals surface area contributed by atoms with E-state index in [1.54, 1.807) is 12.1 Å². The maximum atomic E-state index is 13.1. The Bertz CT molecular complexity index is 754. The highest BCUT2D eigenvalue weighted by atomic mass is 16.2. The van der Waals surface area contributed by atoms with Crippen molar-refractivity contribution in [3.05, 3.63) is 35.4 Å². The van der Waals surface area contributed by atoms with Gasteiger partial charge in [-0.1, -0.05) is 25.0 Å². The Morgan fingerprint density at radius 1 is 0.733 bits per heavy atom. The van der Waals surface area contributed by atoms with Crippen molar-refractivity contribution in [2.24, 2.45) is 35.5 Å². The highest BCUT2D eigenvalue weighted by Gasteiger charge is 2.43. The van der Waals surface area contributed by atoms with Gasteiger partial charge in [-0.3, -0.25) is 9.59 Å². The van der Waals surface area contributed by atoms with Gasteiger partial charge in [0.05, 0.1) is 11.1 Å². The van der Waals surface area contributed by atoms with Crippen LogP contribution in [0.25, 0.3) is 0 Å². The summed E-state index contributed by atoms with van der Waals surface area (Å²) in [5.74, 6) is 4.23. The van der Waals surface area contributed by atoms with Gasteiger partial charge in [0, 0.05) is 12.1 Å². The van der Waals surface area contributed by atoms with Gasteiger partial charge in [-0.25, -0.2) is 0 Å². The molecule has 0 aromatic heterocycles. The molecule has 2 N–H and O–H groups in total. The van der Waals surface area contributed by atoms with Crippen LogP contribution in [0.5, 0.6) is 0 Å². The zero-order chi connectivity index (χ0) is 20.8. The topological polar surface area (TPSA) is 58.2 Å². The molecule has 0 spiro atoms. The van der Waals surface area contributed by atoms with Gasteiger partial charge in [0.1, 0.15) is 0 Å². The maximum absolute atomic E-state index is 13.1. The first-order chi connectivity index (χ1) is 14.5. The molecule has 8 atom stereocenters. The molecule has 2 amide bonds. The third-order valence-corrected chi connectivity index (χ3v) is 9.00. The largest absolute Gasteiger partial charge is 0.349 e. The molecule has 4 heteroatoms. The van der Waals surface area contributed by atoms with Crippen LogP contribution < -0.4 is 10.6 Å². The van der Waals surface area contributed by atoms with Crippen molar-refractivity contribution in [1.82, 2.24) is 10.6 Å². The van der Waals surface area contributed by atoms with Crippen molar-refractivity contribution in [2.45, 2.75) is 77.3 Å². The molecule has 4 saturated carbocycles. The first-order valence-electron chi connectivity index (χ1n) is 12.2. The molecular formula is C26H36N2O2. The molecule has 0 aliphatic heterocycles. The van der Waals surface area contributed by atoms with Crippen LogP contribution in [0.15, 0.2) is 24.3 Å². The standard InChI is InChI=1S/C26H36N2O2/c1-15(23-13-17-7-9-19(23)11-17)27-25(29)21-5-3-4-6-22(21)26(30)28-16(2)24-14-18-8-10-20(24)12-18/h3-6,15-20,23-24H,7-14H2,1-2H3,(H,27,29)(H,28,30). The first-order valence-corrected chi connectivity index (χ1v) is 12.2. The van der Waals surface area contributed by atoms with E-state index < -0.39 is 0 Å². The fourth-order valence-corrected chi connectivity index (χ4v) is 7.47. The van der Waals surface area contributed by atoms with Crippen LogP contribution in [0.4, 0.5) is 0 Å². The number of fused-ring (bicyclic) bond motifs is 4. The zero-order valence-corrected chi connectivity index (χ0v) is 18.4. The van der Waals surface area contributed by atoms with Gasteiger partial charge in [0.25, 0.3) is 11.8 Å². The van der Waals surface area contributed by atoms with Crippen LogP contribution in [-0.4, -0.2) is 23.9 Å². The van der Waals surface area contributed by atoms with E-state index in [-0.39, 0.29) is 23.9 Å². The zero-order valence-electron chi connectivity index (χ0n) is 18.4. The van der Waals surface area contributed by atoms with Gasteiger partial charge in [0.2, 0.25) is 0 Å². The van der Waals surface area contributed by atoms with Crippen molar-refractivity contribution in [3.8, 4) is 0 Å². The van der Waals surface area contributed by atoms with Crippen LogP contribution >= 0.6 is 0 Å². The Kier molecular flexibility index (Phi) is 5.37. The summed E-state index contributed by atoms with van der Waals surface area (Å²) in [5, 5.41) is 6.46. The number of hydrogen-bond acceptors (Lipinski definition) is 2. The van der Waals surface area contributed by atoms with Crippen molar-refractivity contribution in [3.63, 3.8) is 0 Å². The molecule has 1 aromatic carbocycles.